The fraction of sp³-hybridized carbons (Fsp3) is 0.333. The molecule has 1 N–H and O–H groups in total. The van der Waals surface area contributed by atoms with Gasteiger partial charge in [-0.05, 0) is 37.8 Å². The number of hydrogen-bond donors (Lipinski definition) is 1. The SMILES string of the molecule is Cc1cc(C(=O)OCC(=O)NCCc2cccs2)c(C)o1. The van der Waals surface area contributed by atoms with Crippen LogP contribution >= 0.6 is 11.3 Å². The van der Waals surface area contributed by atoms with Crippen LogP contribution in [-0.2, 0) is 16.0 Å². The molecule has 0 fully saturated rings. The molecule has 2 rings (SSSR count). The monoisotopic (exact) mass is 307 g/mol. The normalized spacial score (nSPS) is 10.4. The number of carbonyl (C=O) groups excluding carboxylic acids is 2. The summed E-state index contributed by atoms with van der Waals surface area (Å²) in [6.45, 7) is 3.68. The molecule has 5 nitrogen and oxygen atoms in total. The largest absolute Gasteiger partial charge is 0.466 e. The summed E-state index contributed by atoms with van der Waals surface area (Å²) in [5.74, 6) is 0.283. The summed E-state index contributed by atoms with van der Waals surface area (Å²) in [5.41, 5.74) is 0.360. The molecule has 0 aliphatic carbocycles. The Morgan fingerprint density at radius 3 is 2.81 bits per heavy atom. The third kappa shape index (κ3) is 4.46. The van der Waals surface area contributed by atoms with Crippen molar-refractivity contribution in [1.29, 1.82) is 0 Å². The third-order valence-electron chi connectivity index (χ3n) is 2.87. The first-order valence-electron chi connectivity index (χ1n) is 6.59. The number of hydrogen-bond acceptors (Lipinski definition) is 5. The van der Waals surface area contributed by atoms with Gasteiger partial charge in [0.05, 0.1) is 0 Å². The van der Waals surface area contributed by atoms with E-state index < -0.39 is 5.97 Å². The van der Waals surface area contributed by atoms with Gasteiger partial charge in [0, 0.05) is 11.4 Å². The molecule has 112 valence electrons. The van der Waals surface area contributed by atoms with Gasteiger partial charge in [-0.3, -0.25) is 4.79 Å². The van der Waals surface area contributed by atoms with Crippen molar-refractivity contribution in [3.63, 3.8) is 0 Å². The molecule has 0 unspecified atom stereocenters. The Labute approximate surface area is 126 Å². The van der Waals surface area contributed by atoms with Crippen molar-refractivity contribution in [2.45, 2.75) is 20.3 Å². The van der Waals surface area contributed by atoms with E-state index in [-0.39, 0.29) is 12.5 Å². The summed E-state index contributed by atoms with van der Waals surface area (Å²) in [6, 6.07) is 5.59. The quantitative estimate of drug-likeness (QED) is 0.832. The van der Waals surface area contributed by atoms with E-state index in [0.29, 0.717) is 23.6 Å². The summed E-state index contributed by atoms with van der Waals surface area (Å²) in [7, 11) is 0. The van der Waals surface area contributed by atoms with E-state index in [4.69, 9.17) is 9.15 Å². The summed E-state index contributed by atoms with van der Waals surface area (Å²) < 4.78 is 10.2. The molecule has 2 aromatic rings. The molecule has 0 aromatic carbocycles. The number of ether oxygens (including phenoxy) is 1. The average molecular weight is 307 g/mol. The van der Waals surface area contributed by atoms with E-state index in [9.17, 15) is 9.59 Å². The van der Waals surface area contributed by atoms with Crippen LogP contribution in [-0.4, -0.2) is 25.0 Å². The lowest BCUT2D eigenvalue weighted by Crippen LogP contribution is -2.30. The molecule has 0 bridgehead atoms. The maximum atomic E-state index is 11.8. The molecule has 0 atom stereocenters. The van der Waals surface area contributed by atoms with Gasteiger partial charge in [-0.2, -0.15) is 0 Å². The van der Waals surface area contributed by atoms with Crippen molar-refractivity contribution in [2.75, 3.05) is 13.2 Å². The van der Waals surface area contributed by atoms with Crippen molar-refractivity contribution in [1.82, 2.24) is 5.32 Å². The van der Waals surface area contributed by atoms with E-state index in [1.54, 1.807) is 31.3 Å². The van der Waals surface area contributed by atoms with Crippen LogP contribution in [0, 0.1) is 13.8 Å². The first-order valence-corrected chi connectivity index (χ1v) is 7.47. The highest BCUT2D eigenvalue weighted by Gasteiger charge is 2.16. The molecule has 0 aliphatic heterocycles. The maximum Gasteiger partial charge on any atom is 0.342 e. The van der Waals surface area contributed by atoms with E-state index in [1.165, 1.54) is 4.88 Å². The van der Waals surface area contributed by atoms with Crippen molar-refractivity contribution in [2.24, 2.45) is 0 Å². The second-order valence-electron chi connectivity index (χ2n) is 4.58. The Kier molecular flexibility index (Phi) is 5.16. The number of rotatable bonds is 6. The van der Waals surface area contributed by atoms with E-state index in [1.807, 2.05) is 17.5 Å². The summed E-state index contributed by atoms with van der Waals surface area (Å²) in [5, 5.41) is 4.71. The van der Waals surface area contributed by atoms with Crippen molar-refractivity contribution >= 4 is 23.2 Å². The van der Waals surface area contributed by atoms with Crippen LogP contribution in [0.3, 0.4) is 0 Å². The molecule has 0 radical (unpaired) electrons. The second-order valence-corrected chi connectivity index (χ2v) is 5.61. The zero-order valence-electron chi connectivity index (χ0n) is 12.0. The van der Waals surface area contributed by atoms with Crippen LogP contribution in [0.1, 0.15) is 26.8 Å². The Morgan fingerprint density at radius 1 is 1.38 bits per heavy atom. The van der Waals surface area contributed by atoms with Crippen molar-refractivity contribution < 1.29 is 18.7 Å². The summed E-state index contributed by atoms with van der Waals surface area (Å²) in [4.78, 5) is 24.6. The highest BCUT2D eigenvalue weighted by Crippen LogP contribution is 2.14. The predicted molar refractivity (Wildman–Crippen MR) is 79.5 cm³/mol. The van der Waals surface area contributed by atoms with Gasteiger partial charge < -0.3 is 14.5 Å². The van der Waals surface area contributed by atoms with Crippen LogP contribution in [0.5, 0.6) is 0 Å². The lowest BCUT2D eigenvalue weighted by Gasteiger charge is -2.05. The predicted octanol–water partition coefficient (Wildman–Crippen LogP) is 2.47. The minimum Gasteiger partial charge on any atom is -0.466 e. The van der Waals surface area contributed by atoms with Gasteiger partial charge in [0.1, 0.15) is 17.1 Å². The van der Waals surface area contributed by atoms with Gasteiger partial charge in [0.15, 0.2) is 6.61 Å². The molecule has 0 saturated carbocycles. The lowest BCUT2D eigenvalue weighted by atomic mass is 10.2. The minimum atomic E-state index is -0.544. The van der Waals surface area contributed by atoms with Crippen LogP contribution in [0.15, 0.2) is 28.0 Å². The van der Waals surface area contributed by atoms with Crippen LogP contribution < -0.4 is 5.32 Å². The molecular formula is C15H17NO4S. The number of furan rings is 1. The Bertz CT molecular complexity index is 616. The molecule has 0 aliphatic rings. The fourth-order valence-corrected chi connectivity index (χ4v) is 2.58. The summed E-state index contributed by atoms with van der Waals surface area (Å²) in [6.07, 6.45) is 0.775. The molecule has 2 aromatic heterocycles. The zero-order valence-corrected chi connectivity index (χ0v) is 12.8. The summed E-state index contributed by atoms with van der Waals surface area (Å²) >= 11 is 1.65. The molecule has 0 saturated heterocycles. The average Bonchev–Trinajstić information content (AvgIpc) is 3.06. The Balaban J connectivity index is 1.71. The Morgan fingerprint density at radius 2 is 2.19 bits per heavy atom. The maximum absolute atomic E-state index is 11.8. The number of nitrogens with one attached hydrogen (secondary N) is 1. The van der Waals surface area contributed by atoms with Gasteiger partial charge >= 0.3 is 5.97 Å². The minimum absolute atomic E-state index is 0.285. The fourth-order valence-electron chi connectivity index (χ4n) is 1.87. The molecule has 1 amide bonds. The zero-order chi connectivity index (χ0) is 15.2. The molecule has 2 heterocycles. The molecule has 6 heteroatoms. The van der Waals surface area contributed by atoms with Crippen molar-refractivity contribution in [3.05, 3.63) is 45.5 Å². The van der Waals surface area contributed by atoms with Gasteiger partial charge in [-0.25, -0.2) is 4.79 Å². The first kappa shape index (κ1) is 15.3. The molecule has 0 spiro atoms. The lowest BCUT2D eigenvalue weighted by molar-refractivity contribution is -0.124. The van der Waals surface area contributed by atoms with Gasteiger partial charge in [0.2, 0.25) is 0 Å². The Hall–Kier alpha value is -2.08. The van der Waals surface area contributed by atoms with Gasteiger partial charge in [-0.15, -0.1) is 11.3 Å². The van der Waals surface area contributed by atoms with E-state index >= 15 is 0 Å². The van der Waals surface area contributed by atoms with Crippen LogP contribution in [0.25, 0.3) is 0 Å². The third-order valence-corrected chi connectivity index (χ3v) is 3.81. The number of amides is 1. The molecular weight excluding hydrogens is 290 g/mol. The smallest absolute Gasteiger partial charge is 0.342 e. The molecule has 21 heavy (non-hydrogen) atoms. The van der Waals surface area contributed by atoms with Crippen LogP contribution in [0.4, 0.5) is 0 Å². The number of thiophene rings is 1. The topological polar surface area (TPSA) is 68.5 Å². The van der Waals surface area contributed by atoms with Crippen LogP contribution in [0.2, 0.25) is 0 Å². The van der Waals surface area contributed by atoms with Crippen molar-refractivity contribution in [3.8, 4) is 0 Å². The van der Waals surface area contributed by atoms with E-state index in [0.717, 1.165) is 6.42 Å². The number of carbonyl (C=O) groups is 2. The van der Waals surface area contributed by atoms with Gasteiger partial charge in [0.25, 0.3) is 5.91 Å². The van der Waals surface area contributed by atoms with E-state index in [2.05, 4.69) is 5.32 Å². The van der Waals surface area contributed by atoms with Gasteiger partial charge in [-0.1, -0.05) is 6.07 Å². The first-order chi connectivity index (χ1) is 10.1. The highest BCUT2D eigenvalue weighted by atomic mass is 32.1. The second kappa shape index (κ2) is 7.08. The number of esters is 1. The standard InChI is InChI=1S/C15H17NO4S/c1-10-8-13(11(2)20-10)15(18)19-9-14(17)16-6-5-12-4-3-7-21-12/h3-4,7-8H,5-6,9H2,1-2H3,(H,16,17). The number of aryl methyl sites for hydroxylation is 2. The highest BCUT2D eigenvalue weighted by molar-refractivity contribution is 7.09.